The van der Waals surface area contributed by atoms with E-state index in [4.69, 9.17) is 11.5 Å². The second-order valence-corrected chi connectivity index (χ2v) is 5.40. The van der Waals surface area contributed by atoms with Crippen molar-refractivity contribution >= 4 is 27.4 Å². The number of primary amides is 1. The minimum Gasteiger partial charge on any atom is -0.398 e. The number of amides is 2. The largest absolute Gasteiger partial charge is 0.398 e. The summed E-state index contributed by atoms with van der Waals surface area (Å²) >= 11 is 0. The van der Waals surface area contributed by atoms with Crippen molar-refractivity contribution in [3.05, 3.63) is 28.3 Å². The molecule has 10 nitrogen and oxygen atoms in total. The molecule has 0 fully saturated rings. The van der Waals surface area contributed by atoms with E-state index >= 15 is 0 Å². The number of nitrogen functional groups attached to an aromatic ring is 1. The van der Waals surface area contributed by atoms with Crippen molar-refractivity contribution in [3.63, 3.8) is 0 Å². The van der Waals surface area contributed by atoms with E-state index in [-0.39, 0.29) is 18.8 Å². The Labute approximate surface area is 114 Å². The van der Waals surface area contributed by atoms with Gasteiger partial charge in [0.2, 0.25) is 10.0 Å². The van der Waals surface area contributed by atoms with E-state index in [9.17, 15) is 23.3 Å². The first-order chi connectivity index (χ1) is 9.24. The Hall–Kier alpha value is -2.40. The van der Waals surface area contributed by atoms with Gasteiger partial charge in [0.05, 0.1) is 10.6 Å². The fraction of sp³-hybridized carbons (Fsp3) is 0.222. The average molecular weight is 303 g/mol. The molecule has 0 atom stereocenters. The van der Waals surface area contributed by atoms with Crippen LogP contribution in [0.4, 0.5) is 16.2 Å². The van der Waals surface area contributed by atoms with Gasteiger partial charge in [0.1, 0.15) is 4.90 Å². The number of rotatable bonds is 6. The zero-order valence-electron chi connectivity index (χ0n) is 10.2. The molecular formula is C9H13N5O5S. The van der Waals surface area contributed by atoms with Crippen LogP contribution in [0.25, 0.3) is 0 Å². The molecule has 0 radical (unpaired) electrons. The fourth-order valence-corrected chi connectivity index (χ4v) is 2.50. The Balaban J connectivity index is 2.89. The van der Waals surface area contributed by atoms with Gasteiger partial charge in [-0.3, -0.25) is 10.1 Å². The number of carbonyl (C=O) groups excluding carboxylic acids is 1. The van der Waals surface area contributed by atoms with Crippen molar-refractivity contribution < 1.29 is 18.1 Å². The Bertz CT molecular complexity index is 630. The van der Waals surface area contributed by atoms with Gasteiger partial charge in [-0.25, -0.2) is 17.9 Å². The number of nitrogens with two attached hydrogens (primary N) is 2. The minimum atomic E-state index is -4.02. The highest BCUT2D eigenvalue weighted by molar-refractivity contribution is 7.89. The average Bonchev–Trinajstić information content (AvgIpc) is 2.34. The molecule has 0 unspecified atom stereocenters. The number of hydrogen-bond donors (Lipinski definition) is 4. The normalized spacial score (nSPS) is 11.0. The lowest BCUT2D eigenvalue weighted by molar-refractivity contribution is -0.385. The van der Waals surface area contributed by atoms with Crippen molar-refractivity contribution in [1.29, 1.82) is 0 Å². The third-order valence-electron chi connectivity index (χ3n) is 2.21. The molecule has 110 valence electrons. The lowest BCUT2D eigenvalue weighted by atomic mass is 10.3. The van der Waals surface area contributed by atoms with Crippen LogP contribution in [-0.2, 0) is 10.0 Å². The van der Waals surface area contributed by atoms with Crippen molar-refractivity contribution in [1.82, 2.24) is 10.0 Å². The Morgan fingerprint density at radius 1 is 1.35 bits per heavy atom. The standard InChI is InChI=1S/C9H13N5O5S/c10-7-2-1-6(14(16)17)5-8(7)20(18,19)13-4-3-12-9(11)15/h1-2,5,13H,3-4,10H2,(H3,11,12,15). The van der Waals surface area contributed by atoms with E-state index in [0.717, 1.165) is 18.2 Å². The molecule has 1 rings (SSSR count). The smallest absolute Gasteiger partial charge is 0.312 e. The monoisotopic (exact) mass is 303 g/mol. The van der Waals surface area contributed by atoms with Gasteiger partial charge in [-0.05, 0) is 6.07 Å². The highest BCUT2D eigenvalue weighted by atomic mass is 32.2. The lowest BCUT2D eigenvalue weighted by Crippen LogP contribution is -2.37. The van der Waals surface area contributed by atoms with Gasteiger partial charge in [0.15, 0.2) is 0 Å². The van der Waals surface area contributed by atoms with Crippen molar-refractivity contribution in [2.24, 2.45) is 5.73 Å². The number of nitro benzene ring substituents is 1. The van der Waals surface area contributed by atoms with Gasteiger partial charge >= 0.3 is 6.03 Å². The number of nitrogens with zero attached hydrogens (tertiary/aromatic N) is 1. The molecule has 11 heteroatoms. The van der Waals surface area contributed by atoms with Crippen molar-refractivity contribution in [2.45, 2.75) is 4.90 Å². The number of nitro groups is 1. The number of anilines is 1. The maximum atomic E-state index is 11.9. The summed E-state index contributed by atoms with van der Waals surface area (Å²) in [7, 11) is -4.02. The van der Waals surface area contributed by atoms with Crippen LogP contribution >= 0.6 is 0 Å². The van der Waals surface area contributed by atoms with E-state index in [1.54, 1.807) is 0 Å². The fourth-order valence-electron chi connectivity index (χ4n) is 1.32. The summed E-state index contributed by atoms with van der Waals surface area (Å²) < 4.78 is 26.0. The van der Waals surface area contributed by atoms with Crippen LogP contribution in [0.15, 0.2) is 23.1 Å². The van der Waals surface area contributed by atoms with Gasteiger partial charge < -0.3 is 16.8 Å². The number of nitrogens with one attached hydrogen (secondary N) is 2. The number of carbonyl (C=O) groups is 1. The molecule has 0 spiro atoms. The number of hydrogen-bond acceptors (Lipinski definition) is 6. The highest BCUT2D eigenvalue weighted by Crippen LogP contribution is 2.23. The van der Waals surface area contributed by atoms with Crippen LogP contribution in [0.2, 0.25) is 0 Å². The van der Waals surface area contributed by atoms with Crippen LogP contribution in [-0.4, -0.2) is 32.5 Å². The van der Waals surface area contributed by atoms with E-state index in [0.29, 0.717) is 0 Å². The molecule has 6 N–H and O–H groups in total. The Morgan fingerprint density at radius 2 is 2.00 bits per heavy atom. The second-order valence-electron chi connectivity index (χ2n) is 3.67. The molecule has 0 heterocycles. The van der Waals surface area contributed by atoms with Crippen LogP contribution in [0.5, 0.6) is 0 Å². The summed E-state index contributed by atoms with van der Waals surface area (Å²) in [5, 5.41) is 12.8. The first-order valence-corrected chi connectivity index (χ1v) is 6.79. The van der Waals surface area contributed by atoms with Crippen LogP contribution < -0.4 is 21.5 Å². The maximum absolute atomic E-state index is 11.9. The van der Waals surface area contributed by atoms with E-state index in [2.05, 4.69) is 10.0 Å². The zero-order chi connectivity index (χ0) is 15.3. The molecular weight excluding hydrogens is 290 g/mol. The molecule has 0 aliphatic heterocycles. The van der Waals surface area contributed by atoms with Gasteiger partial charge in [-0.1, -0.05) is 0 Å². The summed E-state index contributed by atoms with van der Waals surface area (Å²) in [6, 6.07) is 2.30. The maximum Gasteiger partial charge on any atom is 0.312 e. The quantitative estimate of drug-likeness (QED) is 0.230. The van der Waals surface area contributed by atoms with E-state index in [1.807, 2.05) is 0 Å². The zero-order valence-corrected chi connectivity index (χ0v) is 11.0. The Kier molecular flexibility index (Phi) is 4.83. The van der Waals surface area contributed by atoms with Crippen molar-refractivity contribution in [2.75, 3.05) is 18.8 Å². The molecule has 0 saturated carbocycles. The Morgan fingerprint density at radius 3 is 2.55 bits per heavy atom. The van der Waals surface area contributed by atoms with Crippen molar-refractivity contribution in [3.8, 4) is 0 Å². The third kappa shape index (κ3) is 4.07. The second kappa shape index (κ2) is 6.16. The van der Waals surface area contributed by atoms with Crippen LogP contribution in [0.1, 0.15) is 0 Å². The molecule has 0 aliphatic rings. The predicted molar refractivity (Wildman–Crippen MR) is 70.3 cm³/mol. The number of benzene rings is 1. The van der Waals surface area contributed by atoms with Crippen LogP contribution in [0, 0.1) is 10.1 Å². The SMILES string of the molecule is NC(=O)NCCNS(=O)(=O)c1cc([N+](=O)[O-])ccc1N. The molecule has 20 heavy (non-hydrogen) atoms. The number of urea groups is 1. The van der Waals surface area contributed by atoms with Gasteiger partial charge in [-0.2, -0.15) is 0 Å². The molecule has 1 aromatic rings. The minimum absolute atomic E-state index is 0.0244. The molecule has 1 aromatic carbocycles. The third-order valence-corrected chi connectivity index (χ3v) is 3.73. The van der Waals surface area contributed by atoms with Gasteiger partial charge in [0, 0.05) is 25.2 Å². The summed E-state index contributed by atoms with van der Waals surface area (Å²) in [4.78, 5) is 19.9. The predicted octanol–water partition coefficient (Wildman–Crippen LogP) is -0.876. The first kappa shape index (κ1) is 15.7. The van der Waals surface area contributed by atoms with Gasteiger partial charge in [-0.15, -0.1) is 0 Å². The molecule has 0 aliphatic carbocycles. The molecule has 0 bridgehead atoms. The first-order valence-electron chi connectivity index (χ1n) is 5.31. The van der Waals surface area contributed by atoms with Gasteiger partial charge in [0.25, 0.3) is 5.69 Å². The molecule has 0 saturated heterocycles. The van der Waals surface area contributed by atoms with E-state index < -0.39 is 31.6 Å². The molecule has 0 aromatic heterocycles. The van der Waals surface area contributed by atoms with E-state index in [1.165, 1.54) is 0 Å². The summed E-state index contributed by atoms with van der Waals surface area (Å²) in [6.07, 6.45) is 0. The van der Waals surface area contributed by atoms with Crippen LogP contribution in [0.3, 0.4) is 0 Å². The topological polar surface area (TPSA) is 170 Å². The summed E-state index contributed by atoms with van der Waals surface area (Å²) in [5.41, 5.74) is 9.79. The lowest BCUT2D eigenvalue weighted by Gasteiger charge is -2.09. The number of non-ortho nitro benzene ring substituents is 1. The number of sulfonamides is 1. The summed E-state index contributed by atoms with van der Waals surface area (Å²) in [6.45, 7) is -0.156. The molecule has 2 amide bonds. The highest BCUT2D eigenvalue weighted by Gasteiger charge is 2.20. The summed E-state index contributed by atoms with van der Waals surface area (Å²) in [5.74, 6) is 0.